The van der Waals surface area contributed by atoms with Gasteiger partial charge in [-0.1, -0.05) is 32.9 Å². The van der Waals surface area contributed by atoms with Crippen LogP contribution >= 0.6 is 0 Å². The Labute approximate surface area is 121 Å². The quantitative estimate of drug-likeness (QED) is 0.886. The lowest BCUT2D eigenvalue weighted by molar-refractivity contribution is -0.0989. The summed E-state index contributed by atoms with van der Waals surface area (Å²) in [5.74, 6) is 0. The molecule has 1 aromatic rings. The molecule has 0 radical (unpaired) electrons. The third-order valence-electron chi connectivity index (χ3n) is 3.62. The molecule has 1 aromatic carbocycles. The molecule has 0 spiro atoms. The number of rotatable bonds is 4. The van der Waals surface area contributed by atoms with Crippen molar-refractivity contribution >= 4 is 5.69 Å². The van der Waals surface area contributed by atoms with Crippen molar-refractivity contribution in [1.82, 2.24) is 0 Å². The highest BCUT2D eigenvalue weighted by Crippen LogP contribution is 2.25. The van der Waals surface area contributed by atoms with E-state index in [1.165, 1.54) is 5.56 Å². The van der Waals surface area contributed by atoms with Crippen LogP contribution in [0.25, 0.3) is 0 Å². The molecule has 0 amide bonds. The second-order valence-corrected chi connectivity index (χ2v) is 6.65. The molecule has 1 saturated heterocycles. The maximum atomic E-state index is 9.82. The zero-order valence-corrected chi connectivity index (χ0v) is 12.5. The molecular formula is C16H25NO3. The number of hydrogen-bond donors (Lipinski definition) is 2. The van der Waals surface area contributed by atoms with Gasteiger partial charge in [-0.25, -0.2) is 0 Å². The summed E-state index contributed by atoms with van der Waals surface area (Å²) in [6.45, 7) is 7.17. The van der Waals surface area contributed by atoms with Crippen LogP contribution in [0.2, 0.25) is 0 Å². The van der Waals surface area contributed by atoms with Gasteiger partial charge in [-0.3, -0.25) is 0 Å². The predicted octanol–water partition coefficient (Wildman–Crippen LogP) is 2.14. The van der Waals surface area contributed by atoms with E-state index < -0.39 is 6.41 Å². The molecule has 0 aromatic heterocycles. The van der Waals surface area contributed by atoms with Crippen LogP contribution in [-0.4, -0.2) is 35.9 Å². The van der Waals surface area contributed by atoms with Crippen molar-refractivity contribution in [2.45, 2.75) is 46.1 Å². The Hall–Kier alpha value is -1.10. The maximum absolute atomic E-state index is 9.82. The Bertz CT molecular complexity index is 424. The summed E-state index contributed by atoms with van der Waals surface area (Å²) in [6.07, 6.45) is 0.925. The number of ether oxygens (including phenoxy) is 1. The van der Waals surface area contributed by atoms with Gasteiger partial charge in [0.05, 0.1) is 13.2 Å². The van der Waals surface area contributed by atoms with E-state index in [4.69, 9.17) is 9.84 Å². The number of anilines is 1. The first-order valence-corrected chi connectivity index (χ1v) is 7.19. The van der Waals surface area contributed by atoms with Gasteiger partial charge in [-0.2, -0.15) is 0 Å². The molecule has 0 bridgehead atoms. The van der Waals surface area contributed by atoms with Crippen LogP contribution in [0.15, 0.2) is 24.3 Å². The van der Waals surface area contributed by atoms with Crippen LogP contribution in [0.3, 0.4) is 0 Å². The summed E-state index contributed by atoms with van der Waals surface area (Å²) in [6, 6.07) is 8.20. The molecule has 4 nitrogen and oxygen atoms in total. The number of hydrogen-bond acceptors (Lipinski definition) is 4. The van der Waals surface area contributed by atoms with Gasteiger partial charge in [-0.05, 0) is 36.0 Å². The fourth-order valence-corrected chi connectivity index (χ4v) is 2.31. The van der Waals surface area contributed by atoms with Crippen LogP contribution in [0.4, 0.5) is 5.69 Å². The van der Waals surface area contributed by atoms with Crippen LogP contribution in [-0.2, 0) is 11.2 Å². The van der Waals surface area contributed by atoms with E-state index in [2.05, 4.69) is 32.9 Å². The molecule has 4 heteroatoms. The van der Waals surface area contributed by atoms with E-state index in [1.807, 2.05) is 12.1 Å². The minimum absolute atomic E-state index is 0.0722. The fraction of sp³-hybridized carbons (Fsp3) is 0.625. The first-order chi connectivity index (χ1) is 9.39. The highest BCUT2D eigenvalue weighted by molar-refractivity contribution is 5.48. The molecule has 112 valence electrons. The number of nitrogens with zero attached hydrogens (tertiary/aromatic N) is 1. The predicted molar refractivity (Wildman–Crippen MR) is 79.5 cm³/mol. The van der Waals surface area contributed by atoms with Gasteiger partial charge in [0.25, 0.3) is 0 Å². The van der Waals surface area contributed by atoms with E-state index in [-0.39, 0.29) is 12.7 Å². The standard InChI is InChI=1S/C16H25NO3/c1-16(2,3)9-8-12-4-6-13(7-5-12)17-10-14(11-18)20-15(17)19/h4-7,14-15,18-19H,8-11H2,1-3H3. The summed E-state index contributed by atoms with van der Waals surface area (Å²) >= 11 is 0. The highest BCUT2D eigenvalue weighted by Gasteiger charge is 2.30. The molecule has 0 aliphatic carbocycles. The summed E-state index contributed by atoms with van der Waals surface area (Å²) in [5, 5.41) is 18.9. The molecule has 1 fully saturated rings. The minimum atomic E-state index is -0.965. The normalized spacial score (nSPS) is 23.4. The first-order valence-electron chi connectivity index (χ1n) is 7.19. The SMILES string of the molecule is CC(C)(C)CCc1ccc(N2CC(CO)OC2O)cc1. The van der Waals surface area contributed by atoms with Gasteiger partial charge in [0, 0.05) is 5.69 Å². The van der Waals surface area contributed by atoms with E-state index in [1.54, 1.807) is 4.90 Å². The van der Waals surface area contributed by atoms with Crippen LogP contribution in [0.5, 0.6) is 0 Å². The Kier molecular flexibility index (Phi) is 4.68. The highest BCUT2D eigenvalue weighted by atomic mass is 16.6. The summed E-state index contributed by atoms with van der Waals surface area (Å²) in [4.78, 5) is 1.76. The smallest absolute Gasteiger partial charge is 0.238 e. The Morgan fingerprint density at radius 3 is 2.40 bits per heavy atom. The average Bonchev–Trinajstić information content (AvgIpc) is 2.77. The number of aliphatic hydroxyl groups is 2. The minimum Gasteiger partial charge on any atom is -0.394 e. The Balaban J connectivity index is 1.98. The molecule has 20 heavy (non-hydrogen) atoms. The molecule has 2 N–H and O–H groups in total. The zero-order valence-electron chi connectivity index (χ0n) is 12.5. The van der Waals surface area contributed by atoms with Crippen molar-refractivity contribution < 1.29 is 14.9 Å². The van der Waals surface area contributed by atoms with E-state index in [0.29, 0.717) is 12.0 Å². The van der Waals surface area contributed by atoms with E-state index in [0.717, 1.165) is 18.5 Å². The number of aliphatic hydroxyl groups excluding tert-OH is 2. The summed E-state index contributed by atoms with van der Waals surface area (Å²) < 4.78 is 5.23. The number of aryl methyl sites for hydroxylation is 1. The van der Waals surface area contributed by atoms with E-state index in [9.17, 15) is 5.11 Å². The Morgan fingerprint density at radius 1 is 1.25 bits per heavy atom. The third kappa shape index (κ3) is 3.95. The van der Waals surface area contributed by atoms with E-state index >= 15 is 0 Å². The van der Waals surface area contributed by atoms with Crippen molar-refractivity contribution in [3.8, 4) is 0 Å². The zero-order chi connectivity index (χ0) is 14.8. The van der Waals surface area contributed by atoms with Gasteiger partial charge >= 0.3 is 0 Å². The van der Waals surface area contributed by atoms with Gasteiger partial charge in [0.2, 0.25) is 6.41 Å². The van der Waals surface area contributed by atoms with Crippen LogP contribution < -0.4 is 4.90 Å². The maximum Gasteiger partial charge on any atom is 0.238 e. The van der Waals surface area contributed by atoms with Gasteiger partial charge in [-0.15, -0.1) is 0 Å². The van der Waals surface area contributed by atoms with Crippen molar-refractivity contribution in [2.75, 3.05) is 18.1 Å². The lowest BCUT2D eigenvalue weighted by Gasteiger charge is -2.21. The molecule has 2 atom stereocenters. The molecule has 1 aliphatic heterocycles. The van der Waals surface area contributed by atoms with Crippen molar-refractivity contribution in [3.63, 3.8) is 0 Å². The lowest BCUT2D eigenvalue weighted by atomic mass is 9.89. The largest absolute Gasteiger partial charge is 0.394 e. The number of benzene rings is 1. The topological polar surface area (TPSA) is 52.9 Å². The second kappa shape index (κ2) is 6.12. The Morgan fingerprint density at radius 2 is 1.90 bits per heavy atom. The molecule has 2 unspecified atom stereocenters. The monoisotopic (exact) mass is 279 g/mol. The molecule has 1 heterocycles. The second-order valence-electron chi connectivity index (χ2n) is 6.65. The van der Waals surface area contributed by atoms with Crippen molar-refractivity contribution in [2.24, 2.45) is 5.41 Å². The van der Waals surface area contributed by atoms with Gasteiger partial charge in [0.15, 0.2) is 0 Å². The summed E-state index contributed by atoms with van der Waals surface area (Å²) in [7, 11) is 0. The first kappa shape index (κ1) is 15.3. The van der Waals surface area contributed by atoms with Crippen molar-refractivity contribution in [3.05, 3.63) is 29.8 Å². The van der Waals surface area contributed by atoms with Crippen LogP contribution in [0.1, 0.15) is 32.8 Å². The van der Waals surface area contributed by atoms with Crippen molar-refractivity contribution in [1.29, 1.82) is 0 Å². The lowest BCUT2D eigenvalue weighted by Crippen LogP contribution is -2.29. The third-order valence-corrected chi connectivity index (χ3v) is 3.62. The van der Waals surface area contributed by atoms with Gasteiger partial charge in [0.1, 0.15) is 6.10 Å². The molecule has 2 rings (SSSR count). The molecule has 1 aliphatic rings. The van der Waals surface area contributed by atoms with Crippen LogP contribution in [0, 0.1) is 5.41 Å². The average molecular weight is 279 g/mol. The fourth-order valence-electron chi connectivity index (χ4n) is 2.31. The molecule has 0 saturated carbocycles. The van der Waals surface area contributed by atoms with Gasteiger partial charge < -0.3 is 19.8 Å². The summed E-state index contributed by atoms with van der Waals surface area (Å²) in [5.41, 5.74) is 2.57. The molecular weight excluding hydrogens is 254 g/mol.